The average Bonchev–Trinajstić information content (AvgIpc) is 2.01. The number of nitrogens with zero attached hydrogens (tertiary/aromatic N) is 1. The van der Waals surface area contributed by atoms with Gasteiger partial charge in [-0.2, -0.15) is 0 Å². The quantitative estimate of drug-likeness (QED) is 0.675. The van der Waals surface area contributed by atoms with Gasteiger partial charge >= 0.3 is 0 Å². The first-order chi connectivity index (χ1) is 6.74. The summed E-state index contributed by atoms with van der Waals surface area (Å²) in [5, 5.41) is 3.58. The monoisotopic (exact) mass is 198 g/mol. The van der Waals surface area contributed by atoms with E-state index in [9.17, 15) is 0 Å². The molecule has 0 aromatic rings. The van der Waals surface area contributed by atoms with Crippen molar-refractivity contribution in [2.45, 2.75) is 58.0 Å². The molecule has 0 spiro atoms. The Hall–Kier alpha value is -0.0800. The molecule has 2 heteroatoms. The smallest absolute Gasteiger partial charge is 0.0107 e. The number of hydrogen-bond acceptors (Lipinski definition) is 2. The summed E-state index contributed by atoms with van der Waals surface area (Å²) in [5.41, 5.74) is 0. The molecule has 0 bridgehead atoms. The van der Waals surface area contributed by atoms with Crippen LogP contribution >= 0.6 is 0 Å². The number of nitrogens with one attached hydrogen (secondary N) is 1. The molecule has 0 radical (unpaired) electrons. The molecule has 1 fully saturated rings. The Kier molecular flexibility index (Phi) is 5.49. The Labute approximate surface area is 89.1 Å². The maximum Gasteiger partial charge on any atom is 0.0107 e. The Morgan fingerprint density at radius 1 is 1.43 bits per heavy atom. The Morgan fingerprint density at radius 2 is 2.14 bits per heavy atom. The van der Waals surface area contributed by atoms with Crippen LogP contribution in [0, 0.1) is 0 Å². The molecule has 0 heterocycles. The molecule has 1 atom stereocenters. The highest BCUT2D eigenvalue weighted by atomic mass is 15.1. The largest absolute Gasteiger partial charge is 0.313 e. The Morgan fingerprint density at radius 3 is 2.64 bits per heavy atom. The van der Waals surface area contributed by atoms with Gasteiger partial charge in [-0.1, -0.05) is 19.8 Å². The lowest BCUT2D eigenvalue weighted by Crippen LogP contribution is -2.42. The van der Waals surface area contributed by atoms with Crippen LogP contribution in [0.5, 0.6) is 0 Å². The molecule has 0 aromatic heterocycles. The molecule has 2 nitrogen and oxygen atoms in total. The number of hydrogen-bond donors (Lipinski definition) is 1. The van der Waals surface area contributed by atoms with Crippen molar-refractivity contribution in [3.8, 4) is 0 Å². The van der Waals surface area contributed by atoms with Crippen LogP contribution in [0.3, 0.4) is 0 Å². The Bertz CT molecular complexity index is 143. The molecule has 0 saturated heterocycles. The second kappa shape index (κ2) is 6.41. The van der Waals surface area contributed by atoms with Crippen LogP contribution in [-0.2, 0) is 0 Å². The lowest BCUT2D eigenvalue weighted by atomic mass is 9.92. The maximum absolute atomic E-state index is 3.58. The minimum Gasteiger partial charge on any atom is -0.313 e. The summed E-state index contributed by atoms with van der Waals surface area (Å²) in [5.74, 6) is 0. The second-order valence-electron chi connectivity index (χ2n) is 4.71. The van der Waals surface area contributed by atoms with E-state index in [2.05, 4.69) is 31.1 Å². The molecule has 1 N–H and O–H groups in total. The minimum atomic E-state index is 0.690. The van der Waals surface area contributed by atoms with E-state index in [0.717, 1.165) is 12.6 Å². The zero-order valence-electron chi connectivity index (χ0n) is 10.1. The van der Waals surface area contributed by atoms with Crippen LogP contribution in [0.15, 0.2) is 0 Å². The molecule has 1 aliphatic rings. The summed E-state index contributed by atoms with van der Waals surface area (Å²) in [7, 11) is 2.26. The SMILES string of the molecule is CCCC(C)NCCN(C)C1CCC1. The summed E-state index contributed by atoms with van der Waals surface area (Å²) in [6, 6.07) is 1.58. The van der Waals surface area contributed by atoms with Crippen LogP contribution in [0.2, 0.25) is 0 Å². The molecule has 0 amide bonds. The normalized spacial score (nSPS) is 19.7. The fourth-order valence-corrected chi connectivity index (χ4v) is 2.03. The highest BCUT2D eigenvalue weighted by Crippen LogP contribution is 2.22. The molecule has 1 aliphatic carbocycles. The molecule has 1 unspecified atom stereocenters. The van der Waals surface area contributed by atoms with Crippen molar-refractivity contribution in [1.82, 2.24) is 10.2 Å². The molecule has 0 aliphatic heterocycles. The summed E-state index contributed by atoms with van der Waals surface area (Å²) in [4.78, 5) is 2.51. The number of likely N-dealkylation sites (N-methyl/N-ethyl adjacent to an activating group) is 1. The fourth-order valence-electron chi connectivity index (χ4n) is 2.03. The predicted octanol–water partition coefficient (Wildman–Crippen LogP) is 2.25. The summed E-state index contributed by atoms with van der Waals surface area (Å²) in [6.07, 6.45) is 6.86. The van der Waals surface area contributed by atoms with Crippen molar-refractivity contribution in [3.63, 3.8) is 0 Å². The van der Waals surface area contributed by atoms with Gasteiger partial charge in [0.1, 0.15) is 0 Å². The van der Waals surface area contributed by atoms with Crippen molar-refractivity contribution in [2.75, 3.05) is 20.1 Å². The number of rotatable bonds is 7. The molecular formula is C12H26N2. The van der Waals surface area contributed by atoms with E-state index >= 15 is 0 Å². The maximum atomic E-state index is 3.58. The van der Waals surface area contributed by atoms with Gasteiger partial charge in [0, 0.05) is 25.2 Å². The standard InChI is InChI=1S/C12H26N2/c1-4-6-11(2)13-9-10-14(3)12-7-5-8-12/h11-13H,4-10H2,1-3H3. The first kappa shape index (κ1) is 12.0. The highest BCUT2D eigenvalue weighted by molar-refractivity contribution is 4.78. The van der Waals surface area contributed by atoms with Gasteiger partial charge in [-0.05, 0) is 33.2 Å². The van der Waals surface area contributed by atoms with E-state index in [1.165, 1.54) is 38.6 Å². The van der Waals surface area contributed by atoms with Crippen LogP contribution in [0.1, 0.15) is 46.0 Å². The molecule has 14 heavy (non-hydrogen) atoms. The zero-order chi connectivity index (χ0) is 10.4. The predicted molar refractivity (Wildman–Crippen MR) is 62.6 cm³/mol. The Balaban J connectivity index is 1.96. The second-order valence-corrected chi connectivity index (χ2v) is 4.71. The summed E-state index contributed by atoms with van der Waals surface area (Å²) < 4.78 is 0. The van der Waals surface area contributed by atoms with Gasteiger partial charge in [0.05, 0.1) is 0 Å². The van der Waals surface area contributed by atoms with Crippen molar-refractivity contribution in [1.29, 1.82) is 0 Å². The van der Waals surface area contributed by atoms with Crippen molar-refractivity contribution in [3.05, 3.63) is 0 Å². The first-order valence-corrected chi connectivity index (χ1v) is 6.17. The summed E-state index contributed by atoms with van der Waals surface area (Å²) >= 11 is 0. The van der Waals surface area contributed by atoms with E-state index in [1.54, 1.807) is 0 Å². The molecule has 1 rings (SSSR count). The van der Waals surface area contributed by atoms with Gasteiger partial charge in [0.25, 0.3) is 0 Å². The van der Waals surface area contributed by atoms with Crippen LogP contribution in [0.4, 0.5) is 0 Å². The third-order valence-electron chi connectivity index (χ3n) is 3.38. The van der Waals surface area contributed by atoms with Crippen LogP contribution in [-0.4, -0.2) is 37.1 Å². The average molecular weight is 198 g/mol. The van der Waals surface area contributed by atoms with Crippen LogP contribution in [0.25, 0.3) is 0 Å². The summed E-state index contributed by atoms with van der Waals surface area (Å²) in [6.45, 7) is 6.89. The van der Waals surface area contributed by atoms with Gasteiger partial charge in [0.2, 0.25) is 0 Å². The van der Waals surface area contributed by atoms with Gasteiger partial charge in [-0.15, -0.1) is 0 Å². The van der Waals surface area contributed by atoms with Gasteiger partial charge < -0.3 is 10.2 Å². The van der Waals surface area contributed by atoms with Gasteiger partial charge in [0.15, 0.2) is 0 Å². The highest BCUT2D eigenvalue weighted by Gasteiger charge is 2.21. The van der Waals surface area contributed by atoms with E-state index < -0.39 is 0 Å². The van der Waals surface area contributed by atoms with Gasteiger partial charge in [-0.3, -0.25) is 0 Å². The topological polar surface area (TPSA) is 15.3 Å². The third-order valence-corrected chi connectivity index (χ3v) is 3.38. The lowest BCUT2D eigenvalue weighted by Gasteiger charge is -2.35. The van der Waals surface area contributed by atoms with Crippen molar-refractivity contribution >= 4 is 0 Å². The third kappa shape index (κ3) is 3.97. The molecule has 0 aromatic carbocycles. The fraction of sp³-hybridized carbons (Fsp3) is 1.00. The van der Waals surface area contributed by atoms with E-state index in [4.69, 9.17) is 0 Å². The van der Waals surface area contributed by atoms with Crippen molar-refractivity contribution in [2.24, 2.45) is 0 Å². The minimum absolute atomic E-state index is 0.690. The first-order valence-electron chi connectivity index (χ1n) is 6.17. The zero-order valence-corrected chi connectivity index (χ0v) is 10.1. The van der Waals surface area contributed by atoms with Gasteiger partial charge in [-0.25, -0.2) is 0 Å². The van der Waals surface area contributed by atoms with E-state index in [-0.39, 0.29) is 0 Å². The molecule has 1 saturated carbocycles. The van der Waals surface area contributed by atoms with Crippen molar-refractivity contribution < 1.29 is 0 Å². The van der Waals surface area contributed by atoms with E-state index in [0.29, 0.717) is 6.04 Å². The lowest BCUT2D eigenvalue weighted by molar-refractivity contribution is 0.159. The van der Waals surface area contributed by atoms with Crippen LogP contribution < -0.4 is 5.32 Å². The molecular weight excluding hydrogens is 172 g/mol. The van der Waals surface area contributed by atoms with E-state index in [1.807, 2.05) is 0 Å². The molecule has 84 valence electrons.